The molecule has 0 aliphatic rings. The van der Waals surface area contributed by atoms with Crippen LogP contribution in [0.15, 0.2) is 0 Å². The van der Waals surface area contributed by atoms with E-state index in [1.165, 1.54) is 4.90 Å². The van der Waals surface area contributed by atoms with E-state index in [1.54, 1.807) is 0 Å². The maximum Gasteiger partial charge on any atom is 0.410 e. The van der Waals surface area contributed by atoms with Gasteiger partial charge in [0.25, 0.3) is 0 Å². The van der Waals surface area contributed by atoms with E-state index in [2.05, 4.69) is 0 Å². The Labute approximate surface area is 103 Å². The third-order valence-electron chi connectivity index (χ3n) is 1.79. The molecule has 0 aliphatic carbocycles. The van der Waals surface area contributed by atoms with Gasteiger partial charge in [0.1, 0.15) is 5.60 Å². The molecular formula is C11H24N2O4. The monoisotopic (exact) mass is 248 g/mol. The van der Waals surface area contributed by atoms with Crippen molar-refractivity contribution in [3.8, 4) is 0 Å². The van der Waals surface area contributed by atoms with Crippen LogP contribution in [0.3, 0.4) is 0 Å². The molecule has 0 spiro atoms. The van der Waals surface area contributed by atoms with Crippen LogP contribution in [0.1, 0.15) is 20.8 Å². The van der Waals surface area contributed by atoms with Crippen LogP contribution in [-0.2, 0) is 9.47 Å². The topological polar surface area (TPSA) is 85.0 Å². The molecular weight excluding hydrogens is 224 g/mol. The summed E-state index contributed by atoms with van der Waals surface area (Å²) in [6.07, 6.45) is -0.393. The molecule has 0 atom stereocenters. The number of ether oxygens (including phenoxy) is 2. The third-order valence-corrected chi connectivity index (χ3v) is 1.79. The van der Waals surface area contributed by atoms with Gasteiger partial charge >= 0.3 is 6.09 Å². The van der Waals surface area contributed by atoms with Crippen molar-refractivity contribution in [2.75, 3.05) is 39.5 Å². The molecule has 0 aromatic heterocycles. The van der Waals surface area contributed by atoms with Crippen molar-refractivity contribution in [2.24, 2.45) is 5.73 Å². The molecule has 0 rings (SSSR count). The highest BCUT2D eigenvalue weighted by molar-refractivity contribution is 5.68. The standard InChI is InChI=1S/C11H24N2O4/c1-11(2,3)17-10(15)13(5-4-12)6-8-16-9-7-14/h14H,4-9,12H2,1-3H3. The predicted octanol–water partition coefficient (Wildman–Crippen LogP) is 0.191. The maximum absolute atomic E-state index is 11.8. The van der Waals surface area contributed by atoms with Crippen LogP contribution >= 0.6 is 0 Å². The van der Waals surface area contributed by atoms with Crippen molar-refractivity contribution < 1.29 is 19.4 Å². The average molecular weight is 248 g/mol. The molecule has 6 heteroatoms. The summed E-state index contributed by atoms with van der Waals surface area (Å²) in [5, 5.41) is 8.55. The van der Waals surface area contributed by atoms with Crippen molar-refractivity contribution in [3.63, 3.8) is 0 Å². The smallest absolute Gasteiger partial charge is 0.410 e. The summed E-state index contributed by atoms with van der Waals surface area (Å²) in [6, 6.07) is 0. The first-order valence-electron chi connectivity index (χ1n) is 5.77. The van der Waals surface area contributed by atoms with Crippen molar-refractivity contribution in [2.45, 2.75) is 26.4 Å². The van der Waals surface area contributed by atoms with E-state index in [9.17, 15) is 4.79 Å². The van der Waals surface area contributed by atoms with Gasteiger partial charge in [-0.15, -0.1) is 0 Å². The van der Waals surface area contributed by atoms with Crippen molar-refractivity contribution >= 4 is 6.09 Å². The molecule has 0 aliphatic heterocycles. The molecule has 0 radical (unpaired) electrons. The molecule has 17 heavy (non-hydrogen) atoms. The van der Waals surface area contributed by atoms with Crippen LogP contribution < -0.4 is 5.73 Å². The molecule has 0 aromatic carbocycles. The minimum Gasteiger partial charge on any atom is -0.444 e. The summed E-state index contributed by atoms with van der Waals surface area (Å²) < 4.78 is 10.3. The minimum absolute atomic E-state index is 0.0245. The Hall–Kier alpha value is -0.850. The summed E-state index contributed by atoms with van der Waals surface area (Å²) >= 11 is 0. The zero-order valence-electron chi connectivity index (χ0n) is 10.9. The number of rotatable bonds is 7. The van der Waals surface area contributed by atoms with Crippen LogP contribution in [0, 0.1) is 0 Å². The minimum atomic E-state index is -0.518. The first kappa shape index (κ1) is 16.1. The van der Waals surface area contributed by atoms with Crippen LogP contribution in [0.4, 0.5) is 4.79 Å². The Morgan fingerprint density at radius 3 is 2.41 bits per heavy atom. The Bertz CT molecular complexity index is 216. The Morgan fingerprint density at radius 1 is 1.29 bits per heavy atom. The number of nitrogens with two attached hydrogens (primary N) is 1. The molecule has 0 unspecified atom stereocenters. The zero-order chi connectivity index (χ0) is 13.3. The van der Waals surface area contributed by atoms with E-state index in [1.807, 2.05) is 20.8 Å². The first-order valence-corrected chi connectivity index (χ1v) is 5.77. The Kier molecular flexibility index (Phi) is 7.86. The second kappa shape index (κ2) is 8.27. The number of hydrogen-bond acceptors (Lipinski definition) is 5. The second-order valence-electron chi connectivity index (χ2n) is 4.59. The fraction of sp³-hybridized carbons (Fsp3) is 0.909. The lowest BCUT2D eigenvalue weighted by atomic mass is 10.2. The molecule has 6 nitrogen and oxygen atoms in total. The van der Waals surface area contributed by atoms with Crippen LogP contribution in [0.25, 0.3) is 0 Å². The average Bonchev–Trinajstić information content (AvgIpc) is 2.20. The lowest BCUT2D eigenvalue weighted by Gasteiger charge is -2.27. The lowest BCUT2D eigenvalue weighted by Crippen LogP contribution is -2.41. The number of aliphatic hydroxyl groups excluding tert-OH is 1. The van der Waals surface area contributed by atoms with E-state index in [-0.39, 0.29) is 13.2 Å². The van der Waals surface area contributed by atoms with E-state index < -0.39 is 11.7 Å². The third kappa shape index (κ3) is 8.91. The number of hydrogen-bond donors (Lipinski definition) is 2. The Balaban J connectivity index is 4.07. The van der Waals surface area contributed by atoms with Gasteiger partial charge < -0.3 is 25.2 Å². The van der Waals surface area contributed by atoms with E-state index in [0.29, 0.717) is 26.2 Å². The summed E-state index contributed by atoms with van der Waals surface area (Å²) in [7, 11) is 0. The summed E-state index contributed by atoms with van der Waals surface area (Å²) in [5.74, 6) is 0. The quantitative estimate of drug-likeness (QED) is 0.628. The molecule has 0 heterocycles. The van der Waals surface area contributed by atoms with Gasteiger partial charge in [-0.05, 0) is 20.8 Å². The van der Waals surface area contributed by atoms with Crippen LogP contribution in [0.2, 0.25) is 0 Å². The first-order chi connectivity index (χ1) is 7.90. The van der Waals surface area contributed by atoms with Gasteiger partial charge in [0.05, 0.1) is 19.8 Å². The molecule has 3 N–H and O–H groups in total. The number of carbonyl (C=O) groups excluding carboxylic acids is 1. The largest absolute Gasteiger partial charge is 0.444 e. The molecule has 102 valence electrons. The zero-order valence-corrected chi connectivity index (χ0v) is 10.9. The number of carbonyl (C=O) groups is 1. The molecule has 0 bridgehead atoms. The van der Waals surface area contributed by atoms with Gasteiger partial charge in [-0.25, -0.2) is 4.79 Å². The van der Waals surface area contributed by atoms with Crippen molar-refractivity contribution in [1.82, 2.24) is 4.90 Å². The van der Waals surface area contributed by atoms with Crippen molar-refractivity contribution in [1.29, 1.82) is 0 Å². The van der Waals surface area contributed by atoms with Gasteiger partial charge in [0, 0.05) is 19.6 Å². The van der Waals surface area contributed by atoms with E-state index >= 15 is 0 Å². The second-order valence-corrected chi connectivity index (χ2v) is 4.59. The van der Waals surface area contributed by atoms with Gasteiger partial charge in [0.15, 0.2) is 0 Å². The number of aliphatic hydroxyl groups is 1. The van der Waals surface area contributed by atoms with Gasteiger partial charge in [0.2, 0.25) is 0 Å². The highest BCUT2D eigenvalue weighted by atomic mass is 16.6. The number of amides is 1. The van der Waals surface area contributed by atoms with Crippen LogP contribution in [-0.4, -0.2) is 61.2 Å². The van der Waals surface area contributed by atoms with Gasteiger partial charge in [-0.2, -0.15) is 0 Å². The normalized spacial score (nSPS) is 11.4. The fourth-order valence-electron chi connectivity index (χ4n) is 1.12. The molecule has 0 fully saturated rings. The van der Waals surface area contributed by atoms with Crippen LogP contribution in [0.5, 0.6) is 0 Å². The molecule has 0 aromatic rings. The lowest BCUT2D eigenvalue weighted by molar-refractivity contribution is 0.0161. The fourth-order valence-corrected chi connectivity index (χ4v) is 1.12. The summed E-state index contributed by atoms with van der Waals surface area (Å²) in [6.45, 7) is 7.26. The van der Waals surface area contributed by atoms with Crippen molar-refractivity contribution in [3.05, 3.63) is 0 Å². The highest BCUT2D eigenvalue weighted by Crippen LogP contribution is 2.09. The Morgan fingerprint density at radius 2 is 1.94 bits per heavy atom. The summed E-state index contributed by atoms with van der Waals surface area (Å²) in [5.41, 5.74) is 4.91. The van der Waals surface area contributed by atoms with Gasteiger partial charge in [-0.3, -0.25) is 0 Å². The van der Waals surface area contributed by atoms with E-state index in [4.69, 9.17) is 20.3 Å². The predicted molar refractivity (Wildman–Crippen MR) is 64.8 cm³/mol. The SMILES string of the molecule is CC(C)(C)OC(=O)N(CCN)CCOCCO. The van der Waals surface area contributed by atoms with Gasteiger partial charge in [-0.1, -0.05) is 0 Å². The van der Waals surface area contributed by atoms with E-state index in [0.717, 1.165) is 0 Å². The molecule has 1 amide bonds. The number of nitrogens with zero attached hydrogens (tertiary/aromatic N) is 1. The maximum atomic E-state index is 11.8. The molecule has 0 saturated carbocycles. The highest BCUT2D eigenvalue weighted by Gasteiger charge is 2.21. The molecule has 0 saturated heterocycles. The summed E-state index contributed by atoms with van der Waals surface area (Å²) in [4.78, 5) is 13.3.